The van der Waals surface area contributed by atoms with E-state index in [1.807, 2.05) is 37.2 Å². The molecule has 6 heteroatoms. The maximum absolute atomic E-state index is 11.4. The summed E-state index contributed by atoms with van der Waals surface area (Å²) in [6, 6.07) is 4.51. The number of carbonyl (C=O) groups is 1. The first-order valence-corrected chi connectivity index (χ1v) is 6.61. The van der Waals surface area contributed by atoms with Gasteiger partial charge in [0.25, 0.3) is 0 Å². The van der Waals surface area contributed by atoms with Crippen LogP contribution in [-0.4, -0.2) is 50.3 Å². The summed E-state index contributed by atoms with van der Waals surface area (Å²) in [7, 11) is 6.91. The number of carboxylic acids is 1. The number of rotatable bonds is 6. The molecular weight excluding hydrogens is 312 g/mol. The summed E-state index contributed by atoms with van der Waals surface area (Å²) in [5, 5.41) is 12.2. The van der Waals surface area contributed by atoms with E-state index in [-0.39, 0.29) is 6.04 Å². The van der Waals surface area contributed by atoms with Crippen LogP contribution in [0.5, 0.6) is 5.75 Å². The van der Waals surface area contributed by atoms with E-state index in [2.05, 4.69) is 21.2 Å². The molecule has 0 spiro atoms. The van der Waals surface area contributed by atoms with E-state index in [0.29, 0.717) is 5.75 Å². The number of hydrogen-bond donors (Lipinski definition) is 2. The van der Waals surface area contributed by atoms with Crippen LogP contribution in [0.2, 0.25) is 0 Å². The van der Waals surface area contributed by atoms with Crippen molar-refractivity contribution in [1.29, 1.82) is 0 Å². The molecule has 0 heterocycles. The number of methoxy groups -OCH3 is 1. The molecule has 0 aromatic heterocycles. The molecule has 106 valence electrons. The summed E-state index contributed by atoms with van der Waals surface area (Å²) in [6.45, 7) is 0. The average molecular weight is 331 g/mol. The van der Waals surface area contributed by atoms with E-state index in [1.165, 1.54) is 0 Å². The first kappa shape index (κ1) is 15.9. The number of nitrogens with zero attached hydrogens (tertiary/aromatic N) is 1. The second-order valence-corrected chi connectivity index (χ2v) is 5.31. The Morgan fingerprint density at radius 2 is 2.11 bits per heavy atom. The van der Waals surface area contributed by atoms with Gasteiger partial charge in [0.2, 0.25) is 0 Å². The molecule has 0 aliphatic heterocycles. The summed E-state index contributed by atoms with van der Waals surface area (Å²) in [5.74, 6) is -0.230. The van der Waals surface area contributed by atoms with E-state index in [1.54, 1.807) is 14.2 Å². The zero-order valence-corrected chi connectivity index (χ0v) is 13.1. The van der Waals surface area contributed by atoms with Crippen molar-refractivity contribution >= 4 is 21.9 Å². The van der Waals surface area contributed by atoms with Gasteiger partial charge in [0, 0.05) is 10.0 Å². The van der Waals surface area contributed by atoms with E-state index in [9.17, 15) is 9.90 Å². The summed E-state index contributed by atoms with van der Waals surface area (Å²) in [5.41, 5.74) is 0.823. The molecule has 0 radical (unpaired) electrons. The molecule has 0 saturated carbocycles. The van der Waals surface area contributed by atoms with E-state index in [4.69, 9.17) is 4.74 Å². The number of benzene rings is 1. The van der Waals surface area contributed by atoms with Crippen LogP contribution in [0, 0.1) is 0 Å². The Morgan fingerprint density at radius 1 is 1.47 bits per heavy atom. The number of hydrogen-bond acceptors (Lipinski definition) is 4. The Kier molecular flexibility index (Phi) is 5.78. The molecule has 0 saturated heterocycles. The second-order valence-electron chi connectivity index (χ2n) is 4.40. The number of carboxylic acid groups (broad SMARTS) is 1. The molecular formula is C13H19BrN2O3. The van der Waals surface area contributed by atoms with Gasteiger partial charge in [-0.1, -0.05) is 15.9 Å². The summed E-state index contributed by atoms with van der Waals surface area (Å²) < 4.78 is 6.22. The van der Waals surface area contributed by atoms with Crippen LogP contribution in [0.1, 0.15) is 11.6 Å². The average Bonchev–Trinajstić information content (AvgIpc) is 2.34. The highest BCUT2D eigenvalue weighted by atomic mass is 79.9. The quantitative estimate of drug-likeness (QED) is 0.831. The van der Waals surface area contributed by atoms with Crippen molar-refractivity contribution in [2.75, 3.05) is 28.3 Å². The lowest BCUT2D eigenvalue weighted by atomic mass is 9.97. The van der Waals surface area contributed by atoms with Gasteiger partial charge in [-0.15, -0.1) is 0 Å². The SMILES string of the molecule is CNC(C(=O)O)C(c1cc(Br)ccc1OC)N(C)C. The zero-order valence-electron chi connectivity index (χ0n) is 11.5. The third-order valence-corrected chi connectivity index (χ3v) is 3.45. The lowest BCUT2D eigenvalue weighted by molar-refractivity contribution is -0.141. The van der Waals surface area contributed by atoms with Crippen molar-refractivity contribution in [2.45, 2.75) is 12.1 Å². The number of nitrogens with one attached hydrogen (secondary N) is 1. The Labute approximate surface area is 121 Å². The van der Waals surface area contributed by atoms with E-state index < -0.39 is 12.0 Å². The highest BCUT2D eigenvalue weighted by Gasteiger charge is 2.32. The molecule has 5 nitrogen and oxygen atoms in total. The van der Waals surface area contributed by atoms with Gasteiger partial charge >= 0.3 is 5.97 Å². The number of ether oxygens (including phenoxy) is 1. The number of aliphatic carboxylic acids is 1. The van der Waals surface area contributed by atoms with E-state index >= 15 is 0 Å². The van der Waals surface area contributed by atoms with Crippen LogP contribution in [0.25, 0.3) is 0 Å². The van der Waals surface area contributed by atoms with Gasteiger partial charge < -0.3 is 20.1 Å². The van der Waals surface area contributed by atoms with Crippen LogP contribution in [0.15, 0.2) is 22.7 Å². The molecule has 1 rings (SSSR count). The Balaban J connectivity index is 3.33. The fraction of sp³-hybridized carbons (Fsp3) is 0.462. The highest BCUT2D eigenvalue weighted by Crippen LogP contribution is 2.33. The Hall–Kier alpha value is -1.11. The molecule has 0 amide bonds. The maximum Gasteiger partial charge on any atom is 0.322 e. The van der Waals surface area contributed by atoms with Gasteiger partial charge in [-0.2, -0.15) is 0 Å². The van der Waals surface area contributed by atoms with E-state index in [0.717, 1.165) is 10.0 Å². The minimum Gasteiger partial charge on any atom is -0.496 e. The van der Waals surface area contributed by atoms with Gasteiger partial charge in [-0.3, -0.25) is 4.79 Å². The van der Waals surface area contributed by atoms with Gasteiger partial charge in [-0.25, -0.2) is 0 Å². The number of halogens is 1. The summed E-state index contributed by atoms with van der Waals surface area (Å²) >= 11 is 3.41. The van der Waals surface area contributed by atoms with Crippen LogP contribution < -0.4 is 10.1 Å². The van der Waals surface area contributed by atoms with Crippen molar-refractivity contribution in [3.63, 3.8) is 0 Å². The van der Waals surface area contributed by atoms with Crippen molar-refractivity contribution in [1.82, 2.24) is 10.2 Å². The minimum atomic E-state index is -0.900. The normalized spacial score (nSPS) is 14.2. The molecule has 1 aromatic carbocycles. The van der Waals surface area contributed by atoms with Crippen molar-refractivity contribution < 1.29 is 14.6 Å². The molecule has 0 aliphatic carbocycles. The van der Waals surface area contributed by atoms with Crippen LogP contribution >= 0.6 is 15.9 Å². The maximum atomic E-state index is 11.4. The van der Waals surface area contributed by atoms with Gasteiger partial charge in [0.1, 0.15) is 11.8 Å². The first-order valence-electron chi connectivity index (χ1n) is 5.82. The third-order valence-electron chi connectivity index (χ3n) is 2.96. The second kappa shape index (κ2) is 6.88. The number of likely N-dealkylation sites (N-methyl/N-ethyl adjacent to an activating group) is 2. The third kappa shape index (κ3) is 3.68. The Morgan fingerprint density at radius 3 is 2.53 bits per heavy atom. The predicted molar refractivity (Wildman–Crippen MR) is 77.6 cm³/mol. The molecule has 0 bridgehead atoms. The summed E-state index contributed by atoms with van der Waals surface area (Å²) in [4.78, 5) is 13.3. The topological polar surface area (TPSA) is 61.8 Å². The monoisotopic (exact) mass is 330 g/mol. The highest BCUT2D eigenvalue weighted by molar-refractivity contribution is 9.10. The van der Waals surface area contributed by atoms with Crippen LogP contribution in [-0.2, 0) is 4.79 Å². The Bertz CT molecular complexity index is 452. The summed E-state index contributed by atoms with van der Waals surface area (Å²) in [6.07, 6.45) is 0. The fourth-order valence-electron chi connectivity index (χ4n) is 2.11. The van der Waals surface area contributed by atoms with Crippen LogP contribution in [0.3, 0.4) is 0 Å². The van der Waals surface area contributed by atoms with Gasteiger partial charge in [-0.05, 0) is 39.3 Å². The van der Waals surface area contributed by atoms with Crippen molar-refractivity contribution in [3.05, 3.63) is 28.2 Å². The molecule has 2 atom stereocenters. The molecule has 1 aromatic rings. The molecule has 19 heavy (non-hydrogen) atoms. The lowest BCUT2D eigenvalue weighted by Gasteiger charge is -2.31. The predicted octanol–water partition coefficient (Wildman–Crippen LogP) is 1.73. The zero-order chi connectivity index (χ0) is 14.6. The molecule has 0 fully saturated rings. The van der Waals surface area contributed by atoms with Crippen molar-refractivity contribution in [2.24, 2.45) is 0 Å². The minimum absolute atomic E-state index is 0.338. The molecule has 2 unspecified atom stereocenters. The van der Waals surface area contributed by atoms with Crippen LogP contribution in [0.4, 0.5) is 0 Å². The molecule has 0 aliphatic rings. The molecule has 2 N–H and O–H groups in total. The van der Waals surface area contributed by atoms with Gasteiger partial charge in [0.15, 0.2) is 0 Å². The smallest absolute Gasteiger partial charge is 0.322 e. The first-order chi connectivity index (χ1) is 8.92. The fourth-order valence-corrected chi connectivity index (χ4v) is 2.49. The standard InChI is InChI=1S/C13H19BrN2O3/c1-15-11(13(17)18)12(16(2)3)9-7-8(14)5-6-10(9)19-4/h5-7,11-12,15H,1-4H3,(H,17,18). The lowest BCUT2D eigenvalue weighted by Crippen LogP contribution is -2.45. The van der Waals surface area contributed by atoms with Gasteiger partial charge in [0.05, 0.1) is 13.2 Å². The van der Waals surface area contributed by atoms with Crippen molar-refractivity contribution in [3.8, 4) is 5.75 Å². The largest absolute Gasteiger partial charge is 0.496 e.